The zero-order valence-electron chi connectivity index (χ0n) is 6.12. The van der Waals surface area contributed by atoms with Crippen molar-refractivity contribution in [1.82, 2.24) is 0 Å². The van der Waals surface area contributed by atoms with Crippen molar-refractivity contribution < 1.29 is 0 Å². The van der Waals surface area contributed by atoms with E-state index in [0.717, 1.165) is 6.42 Å². The van der Waals surface area contributed by atoms with E-state index in [1.807, 2.05) is 0 Å². The molecular formula is C9H11N. The molecule has 0 spiro atoms. The van der Waals surface area contributed by atoms with E-state index in [0.29, 0.717) is 12.0 Å². The van der Waals surface area contributed by atoms with E-state index in [1.165, 1.54) is 5.71 Å². The molecule has 0 unspecified atom stereocenters. The maximum absolute atomic E-state index is 4.49. The van der Waals surface area contributed by atoms with Crippen molar-refractivity contribution in [1.29, 1.82) is 0 Å². The molecule has 0 fully saturated rings. The molecule has 2 aliphatic rings. The Morgan fingerprint density at radius 2 is 2.20 bits per heavy atom. The van der Waals surface area contributed by atoms with Crippen molar-refractivity contribution in [3.05, 3.63) is 24.3 Å². The summed E-state index contributed by atoms with van der Waals surface area (Å²) in [6.07, 6.45) is 9.80. The highest BCUT2D eigenvalue weighted by molar-refractivity contribution is 5.84. The molecule has 0 radical (unpaired) electrons. The molecule has 0 saturated carbocycles. The summed E-state index contributed by atoms with van der Waals surface area (Å²) in [6, 6.07) is 0.463. The maximum atomic E-state index is 4.49. The highest BCUT2D eigenvalue weighted by Gasteiger charge is 2.23. The molecule has 0 amide bonds. The van der Waals surface area contributed by atoms with Gasteiger partial charge in [-0.1, -0.05) is 24.3 Å². The van der Waals surface area contributed by atoms with E-state index in [1.54, 1.807) is 0 Å². The van der Waals surface area contributed by atoms with Crippen LogP contribution in [0.2, 0.25) is 0 Å². The quantitative estimate of drug-likeness (QED) is 0.479. The second-order valence-electron chi connectivity index (χ2n) is 2.99. The van der Waals surface area contributed by atoms with Crippen molar-refractivity contribution in [3.63, 3.8) is 0 Å². The summed E-state index contributed by atoms with van der Waals surface area (Å²) >= 11 is 0. The lowest BCUT2D eigenvalue weighted by Crippen LogP contribution is -2.10. The fourth-order valence-electron chi connectivity index (χ4n) is 1.62. The van der Waals surface area contributed by atoms with Gasteiger partial charge in [0.2, 0.25) is 0 Å². The van der Waals surface area contributed by atoms with Crippen LogP contribution in [0.1, 0.15) is 13.3 Å². The van der Waals surface area contributed by atoms with Crippen LogP contribution >= 0.6 is 0 Å². The highest BCUT2D eigenvalue weighted by atomic mass is 14.8. The Kier molecular flexibility index (Phi) is 1.23. The number of hydrogen-bond donors (Lipinski definition) is 0. The Bertz CT molecular complexity index is 223. The Morgan fingerprint density at radius 3 is 3.00 bits per heavy atom. The summed E-state index contributed by atoms with van der Waals surface area (Å²) in [5, 5.41) is 0. The van der Waals surface area contributed by atoms with Gasteiger partial charge in [-0.25, -0.2) is 0 Å². The number of aliphatic imine (C=N–C) groups is 1. The highest BCUT2D eigenvalue weighted by Crippen LogP contribution is 2.25. The van der Waals surface area contributed by atoms with Crippen LogP contribution in [-0.4, -0.2) is 11.8 Å². The first kappa shape index (κ1) is 5.90. The summed E-state index contributed by atoms with van der Waals surface area (Å²) in [6.45, 7) is 2.11. The number of nitrogens with zero attached hydrogens (tertiary/aromatic N) is 1. The summed E-state index contributed by atoms with van der Waals surface area (Å²) in [4.78, 5) is 4.49. The van der Waals surface area contributed by atoms with Gasteiger partial charge in [0.25, 0.3) is 0 Å². The second kappa shape index (κ2) is 2.08. The van der Waals surface area contributed by atoms with E-state index in [9.17, 15) is 0 Å². The van der Waals surface area contributed by atoms with Crippen molar-refractivity contribution >= 4 is 5.71 Å². The number of allylic oxidation sites excluding steroid dienone is 2. The van der Waals surface area contributed by atoms with Crippen LogP contribution in [-0.2, 0) is 0 Å². The van der Waals surface area contributed by atoms with Gasteiger partial charge in [0.05, 0.1) is 6.04 Å². The Morgan fingerprint density at radius 1 is 1.40 bits per heavy atom. The molecule has 1 aliphatic carbocycles. The van der Waals surface area contributed by atoms with Gasteiger partial charge in [0.1, 0.15) is 0 Å². The number of rotatable bonds is 0. The largest absolute Gasteiger partial charge is 0.286 e. The van der Waals surface area contributed by atoms with Gasteiger partial charge in [-0.2, -0.15) is 0 Å². The molecule has 1 nitrogen and oxygen atoms in total. The van der Waals surface area contributed by atoms with Gasteiger partial charge in [-0.15, -0.1) is 0 Å². The van der Waals surface area contributed by atoms with Crippen LogP contribution in [0, 0.1) is 5.92 Å². The van der Waals surface area contributed by atoms with Gasteiger partial charge in [0, 0.05) is 11.6 Å². The zero-order valence-corrected chi connectivity index (χ0v) is 6.12. The van der Waals surface area contributed by atoms with Crippen LogP contribution in [0.25, 0.3) is 0 Å². The first-order valence-corrected chi connectivity index (χ1v) is 3.74. The van der Waals surface area contributed by atoms with Gasteiger partial charge in [0.15, 0.2) is 0 Å². The topological polar surface area (TPSA) is 12.4 Å². The van der Waals surface area contributed by atoms with Crippen molar-refractivity contribution in [2.45, 2.75) is 19.4 Å². The van der Waals surface area contributed by atoms with E-state index in [-0.39, 0.29) is 0 Å². The minimum Gasteiger partial charge on any atom is -0.286 e. The monoisotopic (exact) mass is 133 g/mol. The van der Waals surface area contributed by atoms with Crippen molar-refractivity contribution in [2.75, 3.05) is 0 Å². The molecule has 52 valence electrons. The fraction of sp³-hybridized carbons (Fsp3) is 0.444. The van der Waals surface area contributed by atoms with Gasteiger partial charge >= 0.3 is 0 Å². The minimum atomic E-state index is 0.463. The molecule has 10 heavy (non-hydrogen) atoms. The lowest BCUT2D eigenvalue weighted by molar-refractivity contribution is 0.637. The zero-order chi connectivity index (χ0) is 6.97. The standard InChI is InChI=1S/C9H11N/c1-7-6-8-4-2-3-5-9(8)10-7/h2-5,8-9H,6H2,1H3/t8-,9-/m1/s1. The fourth-order valence-corrected chi connectivity index (χ4v) is 1.62. The van der Waals surface area contributed by atoms with E-state index < -0.39 is 0 Å². The van der Waals surface area contributed by atoms with Crippen LogP contribution in [0.3, 0.4) is 0 Å². The summed E-state index contributed by atoms with van der Waals surface area (Å²) in [5.41, 5.74) is 1.30. The third kappa shape index (κ3) is 0.821. The first-order valence-electron chi connectivity index (χ1n) is 3.74. The van der Waals surface area contributed by atoms with Crippen LogP contribution in [0.15, 0.2) is 29.3 Å². The molecular weight excluding hydrogens is 122 g/mol. The van der Waals surface area contributed by atoms with Crippen LogP contribution in [0.5, 0.6) is 0 Å². The van der Waals surface area contributed by atoms with Crippen molar-refractivity contribution in [2.24, 2.45) is 10.9 Å². The third-order valence-electron chi connectivity index (χ3n) is 2.12. The lowest BCUT2D eigenvalue weighted by Gasteiger charge is -2.11. The molecule has 1 heterocycles. The average Bonchev–Trinajstić information content (AvgIpc) is 2.27. The van der Waals surface area contributed by atoms with Gasteiger partial charge in [-0.05, 0) is 13.3 Å². The molecule has 1 heteroatoms. The van der Waals surface area contributed by atoms with Gasteiger partial charge < -0.3 is 0 Å². The first-order chi connectivity index (χ1) is 4.86. The van der Waals surface area contributed by atoms with E-state index >= 15 is 0 Å². The Balaban J connectivity index is 2.24. The molecule has 0 aromatic rings. The molecule has 0 bridgehead atoms. The third-order valence-corrected chi connectivity index (χ3v) is 2.12. The Hall–Kier alpha value is -0.850. The second-order valence-corrected chi connectivity index (χ2v) is 2.99. The number of fused-ring (bicyclic) bond motifs is 1. The molecule has 1 aliphatic heterocycles. The molecule has 0 saturated heterocycles. The van der Waals surface area contributed by atoms with Crippen LogP contribution in [0.4, 0.5) is 0 Å². The normalized spacial score (nSPS) is 35.9. The van der Waals surface area contributed by atoms with Crippen molar-refractivity contribution in [3.8, 4) is 0 Å². The number of hydrogen-bond acceptors (Lipinski definition) is 1. The molecule has 2 atom stereocenters. The average molecular weight is 133 g/mol. The maximum Gasteiger partial charge on any atom is 0.0748 e. The lowest BCUT2D eigenvalue weighted by atomic mass is 9.95. The Labute approximate surface area is 61.2 Å². The van der Waals surface area contributed by atoms with E-state index in [2.05, 4.69) is 36.2 Å². The van der Waals surface area contributed by atoms with E-state index in [4.69, 9.17) is 0 Å². The molecule has 0 aromatic carbocycles. The predicted molar refractivity (Wildman–Crippen MR) is 43.3 cm³/mol. The summed E-state index contributed by atoms with van der Waals surface area (Å²) in [7, 11) is 0. The predicted octanol–water partition coefficient (Wildman–Crippen LogP) is 1.96. The summed E-state index contributed by atoms with van der Waals surface area (Å²) < 4.78 is 0. The minimum absolute atomic E-state index is 0.463. The summed E-state index contributed by atoms with van der Waals surface area (Å²) in [5.74, 6) is 0.671. The molecule has 2 rings (SSSR count). The molecule has 0 N–H and O–H groups in total. The van der Waals surface area contributed by atoms with Crippen LogP contribution < -0.4 is 0 Å². The van der Waals surface area contributed by atoms with Gasteiger partial charge in [-0.3, -0.25) is 4.99 Å². The smallest absolute Gasteiger partial charge is 0.0748 e. The molecule has 0 aromatic heterocycles. The SMILES string of the molecule is CC1=N[C@@H]2C=CC=C[C@@H]2C1.